The Morgan fingerprint density at radius 1 is 1.11 bits per heavy atom. The summed E-state index contributed by atoms with van der Waals surface area (Å²) in [5.74, 6) is -1.55. The fourth-order valence-corrected chi connectivity index (χ4v) is 2.58. The molecule has 2 rings (SSSR count). The van der Waals surface area contributed by atoms with E-state index in [0.29, 0.717) is 18.5 Å². The monoisotopic (exact) mass is 275 g/mol. The summed E-state index contributed by atoms with van der Waals surface area (Å²) in [7, 11) is 0. The number of hydrogen-bond acceptors (Lipinski definition) is 1. The van der Waals surface area contributed by atoms with Crippen LogP contribution in [0.4, 0.5) is 23.2 Å². The summed E-state index contributed by atoms with van der Waals surface area (Å²) in [5, 5.41) is 3.05. The van der Waals surface area contributed by atoms with Crippen LogP contribution in [0.3, 0.4) is 0 Å². The topological polar surface area (TPSA) is 12.0 Å². The fourth-order valence-electron chi connectivity index (χ4n) is 2.58. The zero-order valence-electron chi connectivity index (χ0n) is 10.7. The van der Waals surface area contributed by atoms with Crippen LogP contribution in [0.15, 0.2) is 18.2 Å². The molecular formula is C14H17F4N. The van der Waals surface area contributed by atoms with Crippen LogP contribution in [-0.4, -0.2) is 12.2 Å². The van der Waals surface area contributed by atoms with Gasteiger partial charge in [-0.15, -0.1) is 0 Å². The maximum Gasteiger partial charge on any atom is 0.391 e. The Hall–Kier alpha value is -1.26. The van der Waals surface area contributed by atoms with Crippen molar-refractivity contribution in [1.29, 1.82) is 0 Å². The lowest BCUT2D eigenvalue weighted by Gasteiger charge is -2.31. The Labute approximate surface area is 110 Å². The van der Waals surface area contributed by atoms with Gasteiger partial charge in [-0.05, 0) is 44.2 Å². The Morgan fingerprint density at radius 2 is 1.74 bits per heavy atom. The molecule has 1 saturated carbocycles. The van der Waals surface area contributed by atoms with Crippen LogP contribution >= 0.6 is 0 Å². The molecule has 0 amide bonds. The van der Waals surface area contributed by atoms with Crippen LogP contribution in [0, 0.1) is 18.7 Å². The van der Waals surface area contributed by atoms with Crippen molar-refractivity contribution in [3.63, 3.8) is 0 Å². The number of halogens is 4. The standard InChI is InChI=1S/C14H17F4N/c1-9-3-2-4-12(15)13(9)19-11-7-5-10(6-8-11)14(16,17)18/h2-4,10-11,19H,5-8H2,1H3. The number of hydrogen-bond donors (Lipinski definition) is 1. The van der Waals surface area contributed by atoms with Gasteiger partial charge in [-0.3, -0.25) is 0 Å². The van der Waals surface area contributed by atoms with Gasteiger partial charge < -0.3 is 5.32 Å². The summed E-state index contributed by atoms with van der Waals surface area (Å²) >= 11 is 0. The first kappa shape index (κ1) is 14.2. The van der Waals surface area contributed by atoms with Gasteiger partial charge in [0.05, 0.1) is 11.6 Å². The summed E-state index contributed by atoms with van der Waals surface area (Å²) in [4.78, 5) is 0. The average molecular weight is 275 g/mol. The van der Waals surface area contributed by atoms with Gasteiger partial charge in [0, 0.05) is 6.04 Å². The number of alkyl halides is 3. The Balaban J connectivity index is 1.96. The number of rotatable bonds is 2. The van der Waals surface area contributed by atoms with Crippen molar-refractivity contribution in [3.8, 4) is 0 Å². The van der Waals surface area contributed by atoms with Crippen molar-refractivity contribution in [2.24, 2.45) is 5.92 Å². The van der Waals surface area contributed by atoms with Crippen molar-refractivity contribution in [2.45, 2.75) is 44.8 Å². The molecule has 0 unspecified atom stereocenters. The summed E-state index contributed by atoms with van der Waals surface area (Å²) < 4.78 is 51.3. The van der Waals surface area contributed by atoms with Crippen molar-refractivity contribution in [2.75, 3.05) is 5.32 Å². The molecule has 0 atom stereocenters. The van der Waals surface area contributed by atoms with Crippen LogP contribution in [0.1, 0.15) is 31.2 Å². The van der Waals surface area contributed by atoms with Crippen LogP contribution in [0.2, 0.25) is 0 Å². The summed E-state index contributed by atoms with van der Waals surface area (Å²) in [6.45, 7) is 1.78. The average Bonchev–Trinajstić information content (AvgIpc) is 2.33. The van der Waals surface area contributed by atoms with Gasteiger partial charge in [-0.25, -0.2) is 4.39 Å². The van der Waals surface area contributed by atoms with Gasteiger partial charge >= 0.3 is 6.18 Å². The smallest absolute Gasteiger partial charge is 0.380 e. The molecule has 5 heteroatoms. The number of para-hydroxylation sites is 1. The van der Waals surface area contributed by atoms with Gasteiger partial charge in [0.1, 0.15) is 5.82 Å². The Morgan fingerprint density at radius 3 is 2.26 bits per heavy atom. The zero-order chi connectivity index (χ0) is 14.0. The molecule has 19 heavy (non-hydrogen) atoms. The summed E-state index contributed by atoms with van der Waals surface area (Å²) in [6, 6.07) is 4.69. The second-order valence-electron chi connectivity index (χ2n) is 5.17. The lowest BCUT2D eigenvalue weighted by Crippen LogP contribution is -2.33. The zero-order valence-corrected chi connectivity index (χ0v) is 10.7. The first-order valence-corrected chi connectivity index (χ1v) is 6.46. The van der Waals surface area contributed by atoms with Gasteiger partial charge in [0.2, 0.25) is 0 Å². The minimum absolute atomic E-state index is 0.0748. The molecule has 106 valence electrons. The molecule has 1 nitrogen and oxygen atoms in total. The van der Waals surface area contributed by atoms with E-state index in [1.165, 1.54) is 6.07 Å². The number of benzene rings is 1. The largest absolute Gasteiger partial charge is 0.391 e. The minimum atomic E-state index is -4.10. The maximum absolute atomic E-state index is 13.6. The minimum Gasteiger partial charge on any atom is -0.380 e. The number of aryl methyl sites for hydroxylation is 1. The molecule has 0 bridgehead atoms. The van der Waals surface area contributed by atoms with E-state index in [4.69, 9.17) is 0 Å². The van der Waals surface area contributed by atoms with Gasteiger partial charge in [-0.1, -0.05) is 12.1 Å². The highest BCUT2D eigenvalue weighted by Gasteiger charge is 2.41. The molecular weight excluding hydrogens is 258 g/mol. The molecule has 0 aromatic heterocycles. The molecule has 1 fully saturated rings. The molecule has 0 spiro atoms. The van der Waals surface area contributed by atoms with Gasteiger partial charge in [-0.2, -0.15) is 13.2 Å². The maximum atomic E-state index is 13.6. The van der Waals surface area contributed by atoms with Crippen molar-refractivity contribution >= 4 is 5.69 Å². The van der Waals surface area contributed by atoms with Crippen molar-refractivity contribution in [1.82, 2.24) is 0 Å². The van der Waals surface area contributed by atoms with Crippen molar-refractivity contribution in [3.05, 3.63) is 29.6 Å². The van der Waals surface area contributed by atoms with Crippen molar-refractivity contribution < 1.29 is 17.6 Å². The Bertz CT molecular complexity index is 413. The van der Waals surface area contributed by atoms with E-state index < -0.39 is 12.1 Å². The van der Waals surface area contributed by atoms with Crippen LogP contribution in [-0.2, 0) is 0 Å². The van der Waals surface area contributed by atoms with E-state index in [2.05, 4.69) is 5.32 Å². The lowest BCUT2D eigenvalue weighted by atomic mass is 9.85. The molecule has 1 N–H and O–H groups in total. The second kappa shape index (κ2) is 5.39. The predicted molar refractivity (Wildman–Crippen MR) is 66.6 cm³/mol. The first-order valence-electron chi connectivity index (χ1n) is 6.46. The lowest BCUT2D eigenvalue weighted by molar-refractivity contribution is -0.182. The molecule has 1 aromatic rings. The summed E-state index contributed by atoms with van der Waals surface area (Å²) in [5.41, 5.74) is 1.19. The first-order chi connectivity index (χ1) is 8.88. The molecule has 0 aliphatic heterocycles. The predicted octanol–water partition coefficient (Wildman–Crippen LogP) is 4.67. The van der Waals surface area contributed by atoms with E-state index in [-0.39, 0.29) is 24.7 Å². The molecule has 1 aromatic carbocycles. The second-order valence-corrected chi connectivity index (χ2v) is 5.17. The number of nitrogens with one attached hydrogen (secondary N) is 1. The Kier molecular flexibility index (Phi) is 4.02. The van der Waals surface area contributed by atoms with E-state index in [1.54, 1.807) is 19.1 Å². The third-order valence-electron chi connectivity index (χ3n) is 3.76. The molecule has 1 aliphatic rings. The number of anilines is 1. The fraction of sp³-hybridized carbons (Fsp3) is 0.571. The van der Waals surface area contributed by atoms with Gasteiger partial charge in [0.15, 0.2) is 0 Å². The SMILES string of the molecule is Cc1cccc(F)c1NC1CCC(C(F)(F)F)CC1. The summed E-state index contributed by atoms with van der Waals surface area (Å²) in [6.07, 6.45) is -3.00. The molecule has 0 radical (unpaired) electrons. The van der Waals surface area contributed by atoms with E-state index in [0.717, 1.165) is 5.56 Å². The van der Waals surface area contributed by atoms with E-state index >= 15 is 0 Å². The highest BCUT2D eigenvalue weighted by molar-refractivity contribution is 5.52. The normalized spacial score (nSPS) is 24.3. The molecule has 1 aliphatic carbocycles. The molecule has 0 heterocycles. The molecule has 0 saturated heterocycles. The highest BCUT2D eigenvalue weighted by Crippen LogP contribution is 2.38. The van der Waals surface area contributed by atoms with Crippen LogP contribution in [0.25, 0.3) is 0 Å². The highest BCUT2D eigenvalue weighted by atomic mass is 19.4. The van der Waals surface area contributed by atoms with Crippen LogP contribution in [0.5, 0.6) is 0 Å². The third kappa shape index (κ3) is 3.39. The quantitative estimate of drug-likeness (QED) is 0.773. The van der Waals surface area contributed by atoms with Crippen LogP contribution < -0.4 is 5.32 Å². The van der Waals surface area contributed by atoms with Gasteiger partial charge in [0.25, 0.3) is 0 Å². The van der Waals surface area contributed by atoms with E-state index in [1.807, 2.05) is 0 Å². The van der Waals surface area contributed by atoms with E-state index in [9.17, 15) is 17.6 Å². The third-order valence-corrected chi connectivity index (χ3v) is 3.76.